The van der Waals surface area contributed by atoms with Crippen molar-refractivity contribution >= 4 is 27.3 Å². The van der Waals surface area contributed by atoms with Crippen molar-refractivity contribution in [2.45, 2.75) is 25.8 Å². The van der Waals surface area contributed by atoms with Crippen LogP contribution in [0.4, 0.5) is 10.1 Å². The van der Waals surface area contributed by atoms with Crippen LogP contribution in [0.5, 0.6) is 0 Å². The van der Waals surface area contributed by atoms with E-state index in [1.54, 1.807) is 25.3 Å². The summed E-state index contributed by atoms with van der Waals surface area (Å²) in [5.74, 6) is -1.01. The number of aromatic nitrogens is 2. The summed E-state index contributed by atoms with van der Waals surface area (Å²) in [6, 6.07) is 10.3. The molecule has 0 unspecified atom stereocenters. The molecular weight excluding hydrogens is 421 g/mol. The number of carbonyl (C=O) groups excluding carboxylic acids is 1. The number of fused-ring (bicyclic) bond motifs is 1. The number of anilines is 1. The second-order valence-corrected chi connectivity index (χ2v) is 9.31. The molecule has 3 aromatic rings. The fourth-order valence-electron chi connectivity index (χ4n) is 3.88. The van der Waals surface area contributed by atoms with Gasteiger partial charge in [0.25, 0.3) is 5.91 Å². The summed E-state index contributed by atoms with van der Waals surface area (Å²) in [4.78, 5) is 14.9. The van der Waals surface area contributed by atoms with Gasteiger partial charge in [-0.1, -0.05) is 19.1 Å². The third-order valence-corrected chi connectivity index (χ3v) is 7.17. The van der Waals surface area contributed by atoms with E-state index in [0.717, 1.165) is 34.9 Å². The lowest BCUT2D eigenvalue weighted by Crippen LogP contribution is -2.41. The highest BCUT2D eigenvalue weighted by atomic mass is 32.2. The van der Waals surface area contributed by atoms with Crippen molar-refractivity contribution in [3.8, 4) is 0 Å². The van der Waals surface area contributed by atoms with Gasteiger partial charge in [-0.2, -0.15) is 17.8 Å². The Morgan fingerprint density at radius 2 is 2.13 bits per heavy atom. The molecule has 8 nitrogen and oxygen atoms in total. The summed E-state index contributed by atoms with van der Waals surface area (Å²) in [6.45, 7) is 2.71. The Kier molecular flexibility index (Phi) is 5.67. The van der Waals surface area contributed by atoms with Gasteiger partial charge < -0.3 is 4.90 Å². The Hall–Kier alpha value is -2.98. The van der Waals surface area contributed by atoms with Gasteiger partial charge in [-0.15, -0.1) is 0 Å². The average molecular weight is 446 g/mol. The molecule has 0 saturated carbocycles. The molecule has 1 amide bonds. The summed E-state index contributed by atoms with van der Waals surface area (Å²) < 4.78 is 42.9. The highest BCUT2D eigenvalue weighted by Crippen LogP contribution is 2.36. The Balaban J connectivity index is 1.66. The van der Waals surface area contributed by atoms with Crippen molar-refractivity contribution in [1.29, 1.82) is 0 Å². The summed E-state index contributed by atoms with van der Waals surface area (Å²) in [5.41, 5.74) is 2.42. The molecule has 0 spiro atoms. The van der Waals surface area contributed by atoms with Crippen LogP contribution in [0.25, 0.3) is 5.52 Å². The van der Waals surface area contributed by atoms with E-state index < -0.39 is 16.1 Å². The predicted molar refractivity (Wildman–Crippen MR) is 116 cm³/mol. The van der Waals surface area contributed by atoms with Gasteiger partial charge in [-0.3, -0.25) is 4.79 Å². The minimum atomic E-state index is -3.93. The number of halogens is 1. The van der Waals surface area contributed by atoms with E-state index >= 15 is 0 Å². The Morgan fingerprint density at radius 3 is 2.87 bits per heavy atom. The molecule has 1 aliphatic rings. The zero-order valence-electron chi connectivity index (χ0n) is 17.3. The van der Waals surface area contributed by atoms with E-state index in [0.29, 0.717) is 5.52 Å². The van der Waals surface area contributed by atoms with Crippen LogP contribution in [0.3, 0.4) is 0 Å². The molecule has 3 heterocycles. The van der Waals surface area contributed by atoms with E-state index in [-0.39, 0.29) is 24.0 Å². The zero-order valence-corrected chi connectivity index (χ0v) is 18.1. The molecule has 2 aromatic heterocycles. The number of hydrogen-bond donors (Lipinski definition) is 1. The lowest BCUT2D eigenvalue weighted by Gasteiger charge is -2.27. The number of rotatable bonds is 6. The van der Waals surface area contributed by atoms with Crippen LogP contribution in [0, 0.1) is 5.82 Å². The summed E-state index contributed by atoms with van der Waals surface area (Å²) in [7, 11) is -2.54. The second kappa shape index (κ2) is 8.27. The van der Waals surface area contributed by atoms with Gasteiger partial charge >= 0.3 is 10.2 Å². The van der Waals surface area contributed by atoms with Gasteiger partial charge in [0.1, 0.15) is 5.82 Å². The maximum atomic E-state index is 13.7. The number of amides is 1. The lowest BCUT2D eigenvalue weighted by atomic mass is 10.0. The maximum Gasteiger partial charge on any atom is 0.303 e. The number of nitrogens with zero attached hydrogens (tertiary/aromatic N) is 4. The number of carbonyl (C=O) groups is 1. The van der Waals surface area contributed by atoms with Crippen LogP contribution in [0.1, 0.15) is 41.7 Å². The molecule has 1 fully saturated rings. The van der Waals surface area contributed by atoms with Gasteiger partial charge in [0.2, 0.25) is 0 Å². The molecule has 10 heteroatoms. The topological polar surface area (TPSA) is 87.0 Å². The van der Waals surface area contributed by atoms with E-state index in [1.807, 2.05) is 18.2 Å². The third-order valence-electron chi connectivity index (χ3n) is 5.64. The molecular formula is C21H24FN5O3S. The van der Waals surface area contributed by atoms with Crippen molar-refractivity contribution in [3.05, 3.63) is 65.7 Å². The van der Waals surface area contributed by atoms with E-state index in [1.165, 1.54) is 23.8 Å². The SMILES string of the molecule is CCN(C)S(=O)(=O)NC(=O)c1cnn2ccc(N3CCC[C@@H]3c3cccc(F)c3)cc12. The van der Waals surface area contributed by atoms with Gasteiger partial charge in [-0.25, -0.2) is 13.6 Å². The van der Waals surface area contributed by atoms with Gasteiger partial charge in [0.05, 0.1) is 23.3 Å². The fourth-order valence-corrected chi connectivity index (χ4v) is 4.72. The first-order valence-electron chi connectivity index (χ1n) is 10.1. The molecule has 0 bridgehead atoms. The first-order valence-corrected chi connectivity index (χ1v) is 11.5. The number of nitrogens with one attached hydrogen (secondary N) is 1. The number of pyridine rings is 1. The Morgan fingerprint density at radius 1 is 1.32 bits per heavy atom. The molecule has 164 valence electrons. The lowest BCUT2D eigenvalue weighted by molar-refractivity contribution is 0.0981. The normalized spacial score (nSPS) is 16.9. The minimum Gasteiger partial charge on any atom is -0.364 e. The van der Waals surface area contributed by atoms with Crippen LogP contribution in [-0.2, 0) is 10.2 Å². The second-order valence-electron chi connectivity index (χ2n) is 7.53. The van der Waals surface area contributed by atoms with Crippen molar-refractivity contribution < 1.29 is 17.6 Å². The Bertz CT molecular complexity index is 1230. The zero-order chi connectivity index (χ0) is 22.2. The molecule has 1 aromatic carbocycles. The minimum absolute atomic E-state index is 0.0249. The van der Waals surface area contributed by atoms with E-state index in [2.05, 4.69) is 14.7 Å². The van der Waals surface area contributed by atoms with Gasteiger partial charge in [-0.05, 0) is 42.7 Å². The van der Waals surface area contributed by atoms with E-state index in [4.69, 9.17) is 0 Å². The van der Waals surface area contributed by atoms with Crippen LogP contribution in [-0.4, -0.2) is 48.4 Å². The predicted octanol–water partition coefficient (Wildman–Crippen LogP) is 2.74. The monoisotopic (exact) mass is 445 g/mol. The quantitative estimate of drug-likeness (QED) is 0.631. The molecule has 1 saturated heterocycles. The first-order chi connectivity index (χ1) is 14.8. The van der Waals surface area contributed by atoms with Crippen molar-refractivity contribution in [2.75, 3.05) is 25.0 Å². The van der Waals surface area contributed by atoms with Gasteiger partial charge in [0, 0.05) is 32.0 Å². The fraction of sp³-hybridized carbons (Fsp3) is 0.333. The Labute approximate surface area is 180 Å². The molecule has 1 atom stereocenters. The number of benzene rings is 1. The number of hydrogen-bond acceptors (Lipinski definition) is 5. The molecule has 1 aliphatic heterocycles. The van der Waals surface area contributed by atoms with Crippen molar-refractivity contribution in [3.63, 3.8) is 0 Å². The standard InChI is InChI=1S/C21H24FN5O3S/c1-3-25(2)31(29,30)24-21(28)18-14-23-27-11-9-17(13-20(18)27)26-10-5-8-19(26)15-6-4-7-16(22)12-15/h4,6-7,9,11-14,19H,3,5,8,10H2,1-2H3,(H,24,28)/t19-/m1/s1. The molecule has 1 N–H and O–H groups in total. The average Bonchev–Trinajstić information content (AvgIpc) is 3.39. The summed E-state index contributed by atoms with van der Waals surface area (Å²) in [6.07, 6.45) is 4.93. The summed E-state index contributed by atoms with van der Waals surface area (Å²) in [5, 5.41) is 4.17. The van der Waals surface area contributed by atoms with Crippen molar-refractivity contribution in [1.82, 2.24) is 18.6 Å². The maximum absolute atomic E-state index is 13.7. The molecule has 0 radical (unpaired) electrons. The van der Waals surface area contributed by atoms with E-state index in [9.17, 15) is 17.6 Å². The highest BCUT2D eigenvalue weighted by Gasteiger charge is 2.28. The third kappa shape index (κ3) is 4.13. The molecule has 31 heavy (non-hydrogen) atoms. The first kappa shape index (κ1) is 21.3. The molecule has 4 rings (SSSR count). The smallest absolute Gasteiger partial charge is 0.303 e. The highest BCUT2D eigenvalue weighted by molar-refractivity contribution is 7.87. The van der Waals surface area contributed by atoms with Crippen LogP contribution < -0.4 is 9.62 Å². The van der Waals surface area contributed by atoms with Gasteiger partial charge in [0.15, 0.2) is 0 Å². The molecule has 0 aliphatic carbocycles. The van der Waals surface area contributed by atoms with Crippen molar-refractivity contribution in [2.24, 2.45) is 0 Å². The largest absolute Gasteiger partial charge is 0.364 e. The summed E-state index contributed by atoms with van der Waals surface area (Å²) >= 11 is 0. The van der Waals surface area contributed by atoms with Crippen LogP contribution in [0.2, 0.25) is 0 Å². The van der Waals surface area contributed by atoms with Crippen LogP contribution >= 0.6 is 0 Å². The van der Waals surface area contributed by atoms with Crippen LogP contribution in [0.15, 0.2) is 48.8 Å².